The highest BCUT2D eigenvalue weighted by Gasteiger charge is 2.06. The second-order valence-corrected chi connectivity index (χ2v) is 7.46. The first-order valence-electron chi connectivity index (χ1n) is 9.80. The van der Waals surface area contributed by atoms with Gasteiger partial charge in [0, 0.05) is 15.6 Å². The van der Waals surface area contributed by atoms with Gasteiger partial charge in [-0.25, -0.2) is 5.43 Å². The largest absolute Gasteiger partial charge is 0.490 e. The van der Waals surface area contributed by atoms with Crippen LogP contribution in [0.25, 0.3) is 0 Å². The first-order valence-corrected chi connectivity index (χ1v) is 10.6. The molecule has 0 saturated carbocycles. The van der Waals surface area contributed by atoms with Gasteiger partial charge in [0.1, 0.15) is 24.7 Å². The summed E-state index contributed by atoms with van der Waals surface area (Å²) in [5.41, 5.74) is 4.89. The van der Waals surface area contributed by atoms with E-state index in [0.29, 0.717) is 24.5 Å². The molecule has 0 spiro atoms. The number of rotatable bonds is 10. The number of carbonyl (C=O) groups excluding carboxylic acids is 1. The summed E-state index contributed by atoms with van der Waals surface area (Å²) in [6.45, 7) is 4.54. The van der Waals surface area contributed by atoms with E-state index < -0.39 is 0 Å². The van der Waals surface area contributed by atoms with Crippen LogP contribution in [0.5, 0.6) is 11.5 Å². The van der Waals surface area contributed by atoms with Gasteiger partial charge in [0.15, 0.2) is 0 Å². The van der Waals surface area contributed by atoms with Gasteiger partial charge in [0.25, 0.3) is 5.91 Å². The second-order valence-electron chi connectivity index (χ2n) is 6.54. The molecule has 1 amide bonds. The number of para-hydroxylation sites is 1. The molecule has 0 fully saturated rings. The van der Waals surface area contributed by atoms with Crippen LogP contribution in [0.3, 0.4) is 0 Å². The Morgan fingerprint density at radius 3 is 2.45 bits per heavy atom. The maximum absolute atomic E-state index is 12.1. The molecule has 0 aliphatic rings. The van der Waals surface area contributed by atoms with Crippen molar-refractivity contribution in [2.24, 2.45) is 5.10 Å². The third-order valence-electron chi connectivity index (χ3n) is 4.31. The molecular formula is C25H23BrN2O3. The first-order chi connectivity index (χ1) is 15.2. The van der Waals surface area contributed by atoms with Gasteiger partial charge < -0.3 is 9.47 Å². The van der Waals surface area contributed by atoms with Crippen LogP contribution in [0, 0.1) is 0 Å². The van der Waals surface area contributed by atoms with Crippen LogP contribution in [0.4, 0.5) is 0 Å². The smallest absolute Gasteiger partial charge is 0.271 e. The quantitative estimate of drug-likeness (QED) is 0.183. The van der Waals surface area contributed by atoms with Crippen LogP contribution < -0.4 is 14.9 Å². The number of halogens is 1. The maximum atomic E-state index is 12.1. The van der Waals surface area contributed by atoms with Crippen molar-refractivity contribution in [1.82, 2.24) is 5.43 Å². The minimum atomic E-state index is -0.277. The number of nitrogens with one attached hydrogen (secondary N) is 1. The standard InChI is InChI=1S/C25H23BrN2O3/c1-2-8-19-9-6-7-12-23(19)30-15-16-31-24-14-13-22(26)17-21(24)18-27-28-25(29)20-10-4-3-5-11-20/h2-7,9-14,17-18H,1,8,15-16H2,(H,28,29). The Bertz CT molecular complexity index is 1050. The Labute approximate surface area is 190 Å². The lowest BCUT2D eigenvalue weighted by Gasteiger charge is -2.12. The van der Waals surface area contributed by atoms with Crippen LogP contribution >= 0.6 is 15.9 Å². The van der Waals surface area contributed by atoms with Gasteiger partial charge >= 0.3 is 0 Å². The number of ether oxygens (including phenoxy) is 2. The van der Waals surface area contributed by atoms with E-state index in [0.717, 1.165) is 27.8 Å². The molecule has 0 aromatic heterocycles. The van der Waals surface area contributed by atoms with E-state index in [1.165, 1.54) is 0 Å². The van der Waals surface area contributed by atoms with E-state index in [1.54, 1.807) is 30.5 Å². The average molecular weight is 479 g/mol. The topological polar surface area (TPSA) is 59.9 Å². The average Bonchev–Trinajstić information content (AvgIpc) is 2.79. The van der Waals surface area contributed by atoms with Crippen LogP contribution in [-0.4, -0.2) is 25.3 Å². The van der Waals surface area contributed by atoms with Gasteiger partial charge in [0.2, 0.25) is 0 Å². The van der Waals surface area contributed by atoms with E-state index in [4.69, 9.17) is 9.47 Å². The fraction of sp³-hybridized carbons (Fsp3) is 0.120. The summed E-state index contributed by atoms with van der Waals surface area (Å²) in [6, 6.07) is 22.4. The van der Waals surface area contributed by atoms with E-state index in [9.17, 15) is 4.79 Å². The first kappa shape index (κ1) is 22.3. The number of hydrogen-bond donors (Lipinski definition) is 1. The SMILES string of the molecule is C=CCc1ccccc1OCCOc1ccc(Br)cc1C=NNC(=O)c1ccccc1. The summed E-state index contributed by atoms with van der Waals surface area (Å²) in [7, 11) is 0. The number of allylic oxidation sites excluding steroid dienone is 1. The predicted octanol–water partition coefficient (Wildman–Crippen LogP) is 5.40. The van der Waals surface area contributed by atoms with Crippen LogP contribution in [0.1, 0.15) is 21.5 Å². The third kappa shape index (κ3) is 6.83. The molecule has 0 aliphatic heterocycles. The third-order valence-corrected chi connectivity index (χ3v) is 4.81. The van der Waals surface area contributed by atoms with E-state index in [2.05, 4.69) is 33.0 Å². The molecule has 31 heavy (non-hydrogen) atoms. The molecule has 3 aromatic carbocycles. The molecule has 0 radical (unpaired) electrons. The molecule has 0 atom stereocenters. The zero-order valence-electron chi connectivity index (χ0n) is 17.0. The van der Waals surface area contributed by atoms with Crippen molar-refractivity contribution < 1.29 is 14.3 Å². The lowest BCUT2D eigenvalue weighted by Crippen LogP contribution is -2.17. The number of carbonyl (C=O) groups is 1. The second kappa shape index (κ2) is 11.7. The molecule has 3 rings (SSSR count). The molecule has 3 aromatic rings. The summed E-state index contributed by atoms with van der Waals surface area (Å²) in [6.07, 6.45) is 4.16. The van der Waals surface area contributed by atoms with Crippen LogP contribution in [-0.2, 0) is 6.42 Å². The molecule has 0 heterocycles. The minimum Gasteiger partial charge on any atom is -0.490 e. The molecule has 0 unspecified atom stereocenters. The molecular weight excluding hydrogens is 456 g/mol. The van der Waals surface area contributed by atoms with Crippen molar-refractivity contribution >= 4 is 28.1 Å². The number of hydrogen-bond acceptors (Lipinski definition) is 4. The molecule has 0 bridgehead atoms. The zero-order valence-corrected chi connectivity index (χ0v) is 18.5. The van der Waals surface area contributed by atoms with E-state index >= 15 is 0 Å². The van der Waals surface area contributed by atoms with Crippen molar-refractivity contribution in [2.45, 2.75) is 6.42 Å². The molecule has 0 saturated heterocycles. The van der Waals surface area contributed by atoms with E-state index in [-0.39, 0.29) is 5.91 Å². The number of hydrazone groups is 1. The lowest BCUT2D eigenvalue weighted by atomic mass is 10.1. The summed E-state index contributed by atoms with van der Waals surface area (Å²) in [4.78, 5) is 12.1. The fourth-order valence-corrected chi connectivity index (χ4v) is 3.22. The molecule has 5 nitrogen and oxygen atoms in total. The highest BCUT2D eigenvalue weighted by atomic mass is 79.9. The number of amides is 1. The fourth-order valence-electron chi connectivity index (χ4n) is 2.84. The summed E-state index contributed by atoms with van der Waals surface area (Å²) in [5, 5.41) is 4.06. The summed E-state index contributed by atoms with van der Waals surface area (Å²) >= 11 is 3.45. The Kier molecular flexibility index (Phi) is 8.43. The van der Waals surface area contributed by atoms with Gasteiger partial charge in [0.05, 0.1) is 6.21 Å². The van der Waals surface area contributed by atoms with Crippen molar-refractivity contribution in [3.05, 3.63) is 107 Å². The predicted molar refractivity (Wildman–Crippen MR) is 127 cm³/mol. The Morgan fingerprint density at radius 2 is 1.68 bits per heavy atom. The minimum absolute atomic E-state index is 0.277. The lowest BCUT2D eigenvalue weighted by molar-refractivity contribution is 0.0955. The maximum Gasteiger partial charge on any atom is 0.271 e. The van der Waals surface area contributed by atoms with Gasteiger partial charge in [-0.05, 0) is 48.4 Å². The Hall–Kier alpha value is -3.38. The van der Waals surface area contributed by atoms with Crippen LogP contribution in [0.15, 0.2) is 95.0 Å². The molecule has 1 N–H and O–H groups in total. The van der Waals surface area contributed by atoms with E-state index in [1.807, 2.05) is 54.6 Å². The van der Waals surface area contributed by atoms with Crippen LogP contribution in [0.2, 0.25) is 0 Å². The summed E-state index contributed by atoms with van der Waals surface area (Å²) in [5.74, 6) is 1.19. The Balaban J connectivity index is 1.57. The monoisotopic (exact) mass is 478 g/mol. The van der Waals surface area contributed by atoms with Crippen molar-refractivity contribution in [1.29, 1.82) is 0 Å². The highest BCUT2D eigenvalue weighted by Crippen LogP contribution is 2.22. The van der Waals surface area contributed by atoms with Gasteiger partial charge in [-0.15, -0.1) is 6.58 Å². The van der Waals surface area contributed by atoms with Crippen molar-refractivity contribution in [3.8, 4) is 11.5 Å². The van der Waals surface area contributed by atoms with Gasteiger partial charge in [-0.2, -0.15) is 5.10 Å². The number of benzene rings is 3. The van der Waals surface area contributed by atoms with Crippen molar-refractivity contribution in [2.75, 3.05) is 13.2 Å². The Morgan fingerprint density at radius 1 is 0.968 bits per heavy atom. The highest BCUT2D eigenvalue weighted by molar-refractivity contribution is 9.10. The van der Waals surface area contributed by atoms with Crippen molar-refractivity contribution in [3.63, 3.8) is 0 Å². The van der Waals surface area contributed by atoms with Gasteiger partial charge in [-0.1, -0.05) is 58.4 Å². The molecule has 158 valence electrons. The normalized spacial score (nSPS) is 10.6. The van der Waals surface area contributed by atoms with Gasteiger partial charge in [-0.3, -0.25) is 4.79 Å². The molecule has 6 heteroatoms. The zero-order chi connectivity index (χ0) is 21.9. The summed E-state index contributed by atoms with van der Waals surface area (Å²) < 4.78 is 12.6. The number of nitrogens with zero attached hydrogens (tertiary/aromatic N) is 1. The molecule has 0 aliphatic carbocycles.